The largest absolute Gasteiger partial charge is 0.288 e. The maximum Gasteiger partial charge on any atom is 0.270 e. The summed E-state index contributed by atoms with van der Waals surface area (Å²) in [6.07, 6.45) is 0.603. The summed E-state index contributed by atoms with van der Waals surface area (Å²) in [5.74, 6) is 0.664. The molecule has 0 atom stereocenters. The van der Waals surface area contributed by atoms with Crippen molar-refractivity contribution in [3.63, 3.8) is 0 Å². The lowest BCUT2D eigenvalue weighted by Crippen LogP contribution is -2.27. The number of fused-ring (bicyclic) bond motifs is 2. The summed E-state index contributed by atoms with van der Waals surface area (Å²) in [4.78, 5) is 31.5. The number of aryl methyl sites for hydroxylation is 3. The first kappa shape index (κ1) is 16.7. The molecule has 26 heavy (non-hydrogen) atoms. The summed E-state index contributed by atoms with van der Waals surface area (Å²) < 4.78 is 2.43. The van der Waals surface area contributed by atoms with E-state index in [1.54, 1.807) is 10.6 Å². The van der Waals surface area contributed by atoms with Gasteiger partial charge in [-0.15, -0.1) is 11.3 Å². The zero-order valence-corrected chi connectivity index (χ0v) is 15.7. The molecule has 0 fully saturated rings. The zero-order chi connectivity index (χ0) is 18.4. The van der Waals surface area contributed by atoms with Crippen LogP contribution in [-0.4, -0.2) is 9.55 Å². The number of rotatable bonds is 2. The Kier molecular flexibility index (Phi) is 3.96. The van der Waals surface area contributed by atoms with E-state index >= 15 is 0 Å². The van der Waals surface area contributed by atoms with Crippen molar-refractivity contribution in [3.8, 4) is 5.69 Å². The van der Waals surface area contributed by atoms with Crippen molar-refractivity contribution in [3.05, 3.63) is 80.0 Å². The molecule has 0 amide bonds. The summed E-state index contributed by atoms with van der Waals surface area (Å²) >= 11 is 1.39. The summed E-state index contributed by atoms with van der Waals surface area (Å²) in [5.41, 5.74) is 2.47. The minimum atomic E-state index is -0.290. The smallest absolute Gasteiger partial charge is 0.270 e. The molecule has 0 spiro atoms. The van der Waals surface area contributed by atoms with Gasteiger partial charge in [0, 0.05) is 16.5 Å². The van der Waals surface area contributed by atoms with Gasteiger partial charge < -0.3 is 0 Å². The van der Waals surface area contributed by atoms with E-state index in [1.165, 1.54) is 11.3 Å². The van der Waals surface area contributed by atoms with Crippen LogP contribution in [0.2, 0.25) is 0 Å². The van der Waals surface area contributed by atoms with E-state index in [-0.39, 0.29) is 16.4 Å². The van der Waals surface area contributed by atoms with Crippen molar-refractivity contribution in [2.75, 3.05) is 0 Å². The van der Waals surface area contributed by atoms with E-state index in [0.29, 0.717) is 22.5 Å². The van der Waals surface area contributed by atoms with E-state index < -0.39 is 0 Å². The molecule has 0 saturated heterocycles. The van der Waals surface area contributed by atoms with Gasteiger partial charge >= 0.3 is 0 Å². The molecule has 0 saturated carbocycles. The third-order valence-electron chi connectivity index (χ3n) is 4.75. The van der Waals surface area contributed by atoms with Gasteiger partial charge in [-0.05, 0) is 49.2 Å². The summed E-state index contributed by atoms with van der Waals surface area (Å²) in [7, 11) is 0. The van der Waals surface area contributed by atoms with Crippen molar-refractivity contribution in [1.29, 1.82) is 0 Å². The number of benzene rings is 2. The molecule has 0 unspecified atom stereocenters. The van der Waals surface area contributed by atoms with E-state index in [2.05, 4.69) is 4.98 Å². The van der Waals surface area contributed by atoms with Crippen molar-refractivity contribution < 1.29 is 0 Å². The lowest BCUT2D eigenvalue weighted by atomic mass is 10.1. The Bertz CT molecular complexity index is 1290. The third kappa shape index (κ3) is 2.47. The van der Waals surface area contributed by atoms with Gasteiger partial charge in [-0.25, -0.2) is 4.98 Å². The van der Waals surface area contributed by atoms with Gasteiger partial charge in [0.25, 0.3) is 5.56 Å². The fraction of sp³-hybridized carbons (Fsp3) is 0.190. The van der Waals surface area contributed by atoms with Crippen molar-refractivity contribution >= 4 is 31.6 Å². The van der Waals surface area contributed by atoms with E-state index in [4.69, 9.17) is 0 Å². The highest BCUT2D eigenvalue weighted by atomic mass is 32.1. The molecule has 5 heteroatoms. The van der Waals surface area contributed by atoms with Gasteiger partial charge in [0.2, 0.25) is 5.43 Å². The van der Waals surface area contributed by atoms with Crippen molar-refractivity contribution in [2.45, 2.75) is 27.2 Å². The van der Waals surface area contributed by atoms with E-state index in [9.17, 15) is 9.59 Å². The second-order valence-electron chi connectivity index (χ2n) is 6.40. The molecule has 2 aromatic heterocycles. The molecule has 130 valence electrons. The minimum Gasteiger partial charge on any atom is -0.288 e. The van der Waals surface area contributed by atoms with Crippen LogP contribution in [0.1, 0.15) is 23.9 Å². The fourth-order valence-electron chi connectivity index (χ4n) is 3.16. The summed E-state index contributed by atoms with van der Waals surface area (Å²) in [6, 6.07) is 13.2. The molecular weight excluding hydrogens is 344 g/mol. The van der Waals surface area contributed by atoms with Crippen molar-refractivity contribution in [1.82, 2.24) is 9.55 Å². The number of hydrogen-bond donors (Lipinski definition) is 0. The Hall–Kier alpha value is -2.79. The van der Waals surface area contributed by atoms with Crippen LogP contribution in [0.5, 0.6) is 0 Å². The molecule has 4 nitrogen and oxygen atoms in total. The van der Waals surface area contributed by atoms with Gasteiger partial charge in [-0.3, -0.25) is 14.2 Å². The molecular formula is C21H18N2O2S. The molecule has 0 radical (unpaired) electrons. The van der Waals surface area contributed by atoms with Crippen LogP contribution in [0.3, 0.4) is 0 Å². The average molecular weight is 362 g/mol. The van der Waals surface area contributed by atoms with Gasteiger partial charge in [0.1, 0.15) is 16.0 Å². The molecule has 4 rings (SSSR count). The molecule has 0 aliphatic rings. The van der Waals surface area contributed by atoms with Crippen LogP contribution in [0.25, 0.3) is 26.0 Å². The van der Waals surface area contributed by atoms with Gasteiger partial charge in [-0.2, -0.15) is 0 Å². The third-order valence-corrected chi connectivity index (χ3v) is 5.81. The first-order valence-corrected chi connectivity index (χ1v) is 9.38. The van der Waals surface area contributed by atoms with Crippen LogP contribution in [0, 0.1) is 13.8 Å². The van der Waals surface area contributed by atoms with Crippen LogP contribution in [-0.2, 0) is 6.42 Å². The first-order valence-electron chi connectivity index (χ1n) is 8.56. The Morgan fingerprint density at radius 1 is 1.04 bits per heavy atom. The van der Waals surface area contributed by atoms with E-state index in [0.717, 1.165) is 21.5 Å². The van der Waals surface area contributed by atoms with Gasteiger partial charge in [-0.1, -0.05) is 25.1 Å². The predicted molar refractivity (Wildman–Crippen MR) is 108 cm³/mol. The number of hydrogen-bond acceptors (Lipinski definition) is 4. The Morgan fingerprint density at radius 3 is 2.54 bits per heavy atom. The fourth-order valence-corrected chi connectivity index (χ4v) is 4.22. The lowest BCUT2D eigenvalue weighted by molar-refractivity contribution is 0.833. The molecule has 0 N–H and O–H groups in total. The summed E-state index contributed by atoms with van der Waals surface area (Å²) in [6.45, 7) is 6.01. The normalized spacial score (nSPS) is 11.3. The molecule has 0 aliphatic carbocycles. The zero-order valence-electron chi connectivity index (χ0n) is 14.9. The average Bonchev–Trinajstić information content (AvgIpc) is 2.64. The topological polar surface area (TPSA) is 52.0 Å². The second-order valence-corrected chi connectivity index (χ2v) is 7.43. The monoisotopic (exact) mass is 362 g/mol. The maximum absolute atomic E-state index is 13.3. The molecule has 0 bridgehead atoms. The standard InChI is InChI=1S/C21H18N2O2S/c1-4-17-22-20-18(19(24)15-7-5-6-8-16(15)26-20)21(25)23(17)14-10-9-12(2)13(3)11-14/h5-11H,4H2,1-3H3. The molecule has 4 aromatic rings. The quantitative estimate of drug-likeness (QED) is 0.504. The Labute approximate surface area is 154 Å². The highest BCUT2D eigenvalue weighted by Crippen LogP contribution is 2.23. The first-order chi connectivity index (χ1) is 12.5. The van der Waals surface area contributed by atoms with Crippen LogP contribution in [0.4, 0.5) is 0 Å². The van der Waals surface area contributed by atoms with Crippen LogP contribution >= 0.6 is 11.3 Å². The number of aromatic nitrogens is 2. The van der Waals surface area contributed by atoms with Gasteiger partial charge in [0.15, 0.2) is 0 Å². The van der Waals surface area contributed by atoms with Gasteiger partial charge in [0.05, 0.1) is 5.69 Å². The molecule has 0 aliphatic heterocycles. The van der Waals surface area contributed by atoms with Crippen molar-refractivity contribution in [2.24, 2.45) is 0 Å². The number of nitrogens with zero attached hydrogens (tertiary/aromatic N) is 2. The SMILES string of the molecule is CCc1nc2sc3ccccc3c(=O)c2c(=O)n1-c1ccc(C)c(C)c1. The minimum absolute atomic E-state index is 0.170. The Balaban J connectivity index is 2.17. The highest BCUT2D eigenvalue weighted by Gasteiger charge is 2.17. The summed E-state index contributed by atoms with van der Waals surface area (Å²) in [5, 5.41) is 0.740. The Morgan fingerprint density at radius 2 is 1.81 bits per heavy atom. The maximum atomic E-state index is 13.3. The van der Waals surface area contributed by atoms with Crippen LogP contribution in [0.15, 0.2) is 52.1 Å². The molecule has 2 heterocycles. The van der Waals surface area contributed by atoms with Crippen LogP contribution < -0.4 is 11.0 Å². The second kappa shape index (κ2) is 6.18. The molecule has 2 aromatic carbocycles. The highest BCUT2D eigenvalue weighted by molar-refractivity contribution is 7.24. The lowest BCUT2D eigenvalue weighted by Gasteiger charge is -2.13. The van der Waals surface area contributed by atoms with E-state index in [1.807, 2.05) is 57.2 Å². The predicted octanol–water partition coefficient (Wildman–Crippen LogP) is 4.14.